The summed E-state index contributed by atoms with van der Waals surface area (Å²) in [6.07, 6.45) is 2.12. The molecular weight excluding hydrogens is 328 g/mol. The van der Waals surface area contributed by atoms with Crippen molar-refractivity contribution < 1.29 is 14.4 Å². The number of carbonyl (C=O) groups excluding carboxylic acids is 3. The molecule has 2 unspecified atom stereocenters. The SMILES string of the molecule is CCc1nnc(NC(=O)CN2C(=O)C3CCC(C)(C2=O)C3(C)C)s1. The third kappa shape index (κ3) is 2.35. The number of carbonyl (C=O) groups is 3. The second-order valence-corrected chi connectivity index (χ2v) is 8.34. The highest BCUT2D eigenvalue weighted by molar-refractivity contribution is 7.15. The number of rotatable bonds is 4. The van der Waals surface area contributed by atoms with Gasteiger partial charge < -0.3 is 0 Å². The highest BCUT2D eigenvalue weighted by Crippen LogP contribution is 2.59. The summed E-state index contributed by atoms with van der Waals surface area (Å²) in [5, 5.41) is 11.7. The largest absolute Gasteiger partial charge is 0.299 e. The second-order valence-electron chi connectivity index (χ2n) is 7.28. The van der Waals surface area contributed by atoms with Crippen molar-refractivity contribution >= 4 is 34.2 Å². The Balaban J connectivity index is 1.74. The van der Waals surface area contributed by atoms with Gasteiger partial charge in [-0.25, -0.2) is 0 Å². The predicted molar refractivity (Wildman–Crippen MR) is 89.2 cm³/mol. The number of nitrogens with one attached hydrogen (secondary N) is 1. The Morgan fingerprint density at radius 1 is 1.33 bits per heavy atom. The van der Waals surface area contributed by atoms with Crippen molar-refractivity contribution in [2.45, 2.75) is 47.0 Å². The summed E-state index contributed by atoms with van der Waals surface area (Å²) in [7, 11) is 0. The van der Waals surface area contributed by atoms with Gasteiger partial charge in [-0.15, -0.1) is 10.2 Å². The molecule has 1 aliphatic carbocycles. The quantitative estimate of drug-likeness (QED) is 0.837. The maximum atomic E-state index is 12.9. The third-order valence-electron chi connectivity index (χ3n) is 5.82. The Hall–Kier alpha value is -1.83. The van der Waals surface area contributed by atoms with Gasteiger partial charge in [-0.1, -0.05) is 39.0 Å². The number of amides is 3. The molecular formula is C16H22N4O3S. The summed E-state index contributed by atoms with van der Waals surface area (Å²) in [6.45, 7) is 7.55. The maximum Gasteiger partial charge on any atom is 0.246 e. The van der Waals surface area contributed by atoms with E-state index in [2.05, 4.69) is 15.5 Å². The van der Waals surface area contributed by atoms with E-state index in [1.165, 1.54) is 11.3 Å². The van der Waals surface area contributed by atoms with Crippen molar-refractivity contribution in [1.29, 1.82) is 0 Å². The molecule has 1 saturated heterocycles. The van der Waals surface area contributed by atoms with Crippen molar-refractivity contribution in [3.05, 3.63) is 5.01 Å². The Labute approximate surface area is 144 Å². The number of hydrogen-bond donors (Lipinski definition) is 1. The van der Waals surface area contributed by atoms with Crippen LogP contribution in [0.3, 0.4) is 0 Å². The van der Waals surface area contributed by atoms with Crippen LogP contribution in [0.15, 0.2) is 0 Å². The van der Waals surface area contributed by atoms with E-state index in [0.29, 0.717) is 18.0 Å². The summed E-state index contributed by atoms with van der Waals surface area (Å²) in [4.78, 5) is 38.9. The molecule has 2 bridgehead atoms. The minimum Gasteiger partial charge on any atom is -0.299 e. The Morgan fingerprint density at radius 2 is 2.04 bits per heavy atom. The molecule has 2 aliphatic rings. The fraction of sp³-hybridized carbons (Fsp3) is 0.688. The summed E-state index contributed by atoms with van der Waals surface area (Å²) in [5.74, 6) is -1.10. The number of fused-ring (bicyclic) bond motifs is 2. The van der Waals surface area contributed by atoms with E-state index in [9.17, 15) is 14.4 Å². The molecule has 3 amide bonds. The number of piperidine rings is 1. The van der Waals surface area contributed by atoms with E-state index in [-0.39, 0.29) is 29.7 Å². The molecule has 3 rings (SSSR count). The number of nitrogens with zero attached hydrogens (tertiary/aromatic N) is 3. The molecule has 24 heavy (non-hydrogen) atoms. The maximum absolute atomic E-state index is 12.9. The Kier molecular flexibility index (Phi) is 3.98. The van der Waals surface area contributed by atoms with E-state index >= 15 is 0 Å². The van der Waals surface area contributed by atoms with Gasteiger partial charge in [0, 0.05) is 5.92 Å². The average Bonchev–Trinajstić information content (AvgIpc) is 3.04. The molecule has 2 atom stereocenters. The van der Waals surface area contributed by atoms with Crippen LogP contribution >= 0.6 is 11.3 Å². The van der Waals surface area contributed by atoms with E-state index in [4.69, 9.17) is 0 Å². The lowest BCUT2D eigenvalue weighted by molar-refractivity contribution is -0.168. The molecule has 7 nitrogen and oxygen atoms in total. The number of anilines is 1. The summed E-state index contributed by atoms with van der Waals surface area (Å²) >= 11 is 1.29. The van der Waals surface area contributed by atoms with E-state index in [0.717, 1.165) is 16.3 Å². The minimum absolute atomic E-state index is 0.207. The first-order valence-corrected chi connectivity index (χ1v) is 9.00. The normalized spacial score (nSPS) is 28.3. The number of aromatic nitrogens is 2. The Bertz CT molecular complexity index is 714. The third-order valence-corrected chi connectivity index (χ3v) is 6.81. The molecule has 0 aromatic carbocycles. The molecule has 2 heterocycles. The summed E-state index contributed by atoms with van der Waals surface area (Å²) < 4.78 is 0. The summed E-state index contributed by atoms with van der Waals surface area (Å²) in [5.41, 5.74) is -0.965. The van der Waals surface area contributed by atoms with Crippen LogP contribution in [-0.2, 0) is 20.8 Å². The average molecular weight is 350 g/mol. The molecule has 1 aromatic rings. The smallest absolute Gasteiger partial charge is 0.246 e. The zero-order valence-electron chi connectivity index (χ0n) is 14.4. The van der Waals surface area contributed by atoms with Gasteiger partial charge in [-0.05, 0) is 24.7 Å². The lowest BCUT2D eigenvalue weighted by Gasteiger charge is -2.47. The van der Waals surface area contributed by atoms with E-state index in [1.807, 2.05) is 27.7 Å². The zero-order valence-corrected chi connectivity index (χ0v) is 15.2. The first kappa shape index (κ1) is 17.0. The highest BCUT2D eigenvalue weighted by Gasteiger charge is 2.64. The summed E-state index contributed by atoms with van der Waals surface area (Å²) in [6, 6.07) is 0. The second kappa shape index (κ2) is 5.61. The molecule has 1 aliphatic heterocycles. The van der Waals surface area contributed by atoms with Crippen LogP contribution in [0.2, 0.25) is 0 Å². The zero-order chi connectivity index (χ0) is 17.7. The Morgan fingerprint density at radius 3 is 2.67 bits per heavy atom. The molecule has 1 N–H and O–H groups in total. The van der Waals surface area contributed by atoms with Gasteiger partial charge in [0.25, 0.3) is 0 Å². The lowest BCUT2D eigenvalue weighted by Crippen LogP contribution is -2.60. The van der Waals surface area contributed by atoms with Crippen molar-refractivity contribution in [2.75, 3.05) is 11.9 Å². The number of aryl methyl sites for hydroxylation is 1. The van der Waals surface area contributed by atoms with Gasteiger partial charge >= 0.3 is 0 Å². The monoisotopic (exact) mass is 350 g/mol. The van der Waals surface area contributed by atoms with Gasteiger partial charge in [0.1, 0.15) is 11.6 Å². The first-order valence-electron chi connectivity index (χ1n) is 8.18. The first-order chi connectivity index (χ1) is 11.2. The number of hydrogen-bond acceptors (Lipinski definition) is 6. The molecule has 1 saturated carbocycles. The van der Waals surface area contributed by atoms with Gasteiger partial charge in [0.05, 0.1) is 5.41 Å². The van der Waals surface area contributed by atoms with Crippen molar-refractivity contribution in [1.82, 2.24) is 15.1 Å². The van der Waals surface area contributed by atoms with Crippen LogP contribution in [0.1, 0.15) is 45.5 Å². The molecule has 130 valence electrons. The molecule has 0 spiro atoms. The number of likely N-dealkylation sites (tertiary alicyclic amines) is 1. The van der Waals surface area contributed by atoms with Crippen LogP contribution in [0.5, 0.6) is 0 Å². The van der Waals surface area contributed by atoms with Crippen molar-refractivity contribution in [2.24, 2.45) is 16.7 Å². The molecule has 2 fully saturated rings. The van der Waals surface area contributed by atoms with Crippen molar-refractivity contribution in [3.63, 3.8) is 0 Å². The standard InChI is InChI=1S/C16H22N4O3S/c1-5-11-18-19-14(24-11)17-10(21)8-20-12(22)9-6-7-16(4,13(20)23)15(9,2)3/h9H,5-8H2,1-4H3,(H,17,19,21). The number of imide groups is 1. The fourth-order valence-corrected chi connectivity index (χ4v) is 4.50. The fourth-order valence-electron chi connectivity index (χ4n) is 3.80. The highest BCUT2D eigenvalue weighted by atomic mass is 32.1. The van der Waals surface area contributed by atoms with Gasteiger partial charge in [-0.2, -0.15) is 0 Å². The minimum atomic E-state index is -0.593. The van der Waals surface area contributed by atoms with Gasteiger partial charge in [0.2, 0.25) is 22.9 Å². The van der Waals surface area contributed by atoms with Crippen LogP contribution < -0.4 is 5.32 Å². The van der Waals surface area contributed by atoms with Crippen LogP contribution in [0, 0.1) is 16.7 Å². The topological polar surface area (TPSA) is 92.3 Å². The predicted octanol–water partition coefficient (Wildman–Crippen LogP) is 1.85. The van der Waals surface area contributed by atoms with E-state index < -0.39 is 11.3 Å². The van der Waals surface area contributed by atoms with E-state index in [1.54, 1.807) is 0 Å². The molecule has 1 aromatic heterocycles. The van der Waals surface area contributed by atoms with Crippen LogP contribution in [-0.4, -0.2) is 39.4 Å². The van der Waals surface area contributed by atoms with Crippen molar-refractivity contribution in [3.8, 4) is 0 Å². The molecule has 8 heteroatoms. The molecule has 0 radical (unpaired) electrons. The van der Waals surface area contributed by atoms with Gasteiger partial charge in [-0.3, -0.25) is 24.6 Å². The van der Waals surface area contributed by atoms with Crippen LogP contribution in [0.4, 0.5) is 5.13 Å². The van der Waals surface area contributed by atoms with Crippen LogP contribution in [0.25, 0.3) is 0 Å². The van der Waals surface area contributed by atoms with Gasteiger partial charge in [0.15, 0.2) is 0 Å². The lowest BCUT2D eigenvalue weighted by atomic mass is 9.62.